The Morgan fingerprint density at radius 2 is 1.89 bits per heavy atom. The van der Waals surface area contributed by atoms with E-state index in [4.69, 9.17) is 21.1 Å². The van der Waals surface area contributed by atoms with Crippen molar-refractivity contribution in [2.24, 2.45) is 23.7 Å². The van der Waals surface area contributed by atoms with Gasteiger partial charge in [-0.1, -0.05) is 43.7 Å². The highest BCUT2D eigenvalue weighted by atomic mass is 35.5. The molecule has 6 rings (SSSR count). The third-order valence-corrected chi connectivity index (χ3v) is 13.0. The predicted molar refractivity (Wildman–Crippen MR) is 184 cm³/mol. The van der Waals surface area contributed by atoms with Crippen molar-refractivity contribution in [2.75, 3.05) is 25.1 Å². The number of fused-ring (bicyclic) bond motifs is 3. The molecule has 8 nitrogen and oxygen atoms in total. The first kappa shape index (κ1) is 34.3. The van der Waals surface area contributed by atoms with Crippen molar-refractivity contribution in [2.45, 2.75) is 101 Å². The fourth-order valence-corrected chi connectivity index (χ4v) is 9.19. The molecule has 0 saturated heterocycles. The highest BCUT2D eigenvalue weighted by molar-refractivity contribution is 7.90. The first-order valence-corrected chi connectivity index (χ1v) is 19.1. The molecule has 0 aromatic heterocycles. The zero-order valence-corrected chi connectivity index (χ0v) is 29.4. The van der Waals surface area contributed by atoms with Crippen LogP contribution in [0.1, 0.15) is 82.8 Å². The molecule has 2 aliphatic carbocycles. The van der Waals surface area contributed by atoms with Gasteiger partial charge in [-0.2, -0.15) is 0 Å². The summed E-state index contributed by atoms with van der Waals surface area (Å²) in [6, 6.07) is 10.8. The number of nitrogens with zero attached hydrogens (tertiary/aromatic N) is 1. The number of rotatable bonds is 3. The van der Waals surface area contributed by atoms with E-state index in [1.807, 2.05) is 25.1 Å². The average Bonchev–Trinajstić information content (AvgIpc) is 3.04. The monoisotopic (exact) mass is 684 g/mol. The summed E-state index contributed by atoms with van der Waals surface area (Å²) in [6.07, 6.45) is 12.6. The zero-order valence-electron chi connectivity index (χ0n) is 27.8. The third kappa shape index (κ3) is 7.24. The molecule has 2 heterocycles. The van der Waals surface area contributed by atoms with Gasteiger partial charge in [-0.05, 0) is 117 Å². The summed E-state index contributed by atoms with van der Waals surface area (Å²) < 4.78 is 42.5. The molecule has 2 bridgehead atoms. The number of allylic oxidation sites excluding steroid dienone is 1. The van der Waals surface area contributed by atoms with Gasteiger partial charge in [0.2, 0.25) is 5.91 Å². The third-order valence-electron chi connectivity index (χ3n) is 11.4. The van der Waals surface area contributed by atoms with Gasteiger partial charge in [0.05, 0.1) is 21.8 Å². The summed E-state index contributed by atoms with van der Waals surface area (Å²) in [6.45, 7) is 5.46. The number of hydrogen-bond donors (Lipinski definition) is 2. The molecule has 5 atom stereocenters. The van der Waals surface area contributed by atoms with Gasteiger partial charge in [-0.3, -0.25) is 4.79 Å². The number of sulfonamides is 1. The summed E-state index contributed by atoms with van der Waals surface area (Å²) in [7, 11) is -2.37. The van der Waals surface area contributed by atoms with Crippen LogP contribution in [-0.4, -0.2) is 50.8 Å². The van der Waals surface area contributed by atoms with Crippen molar-refractivity contribution in [1.29, 1.82) is 0 Å². The van der Waals surface area contributed by atoms with Crippen LogP contribution in [0.2, 0.25) is 5.02 Å². The summed E-state index contributed by atoms with van der Waals surface area (Å²) in [5.41, 5.74) is 1.54. The standard InChI is InChI=1S/C37H49ClN2O6S/c1-25-8-6-18-37(45-3,24-36(42)16-7-17-36)32-14-11-28(32)22-40-19-5-4-9-27-20-30(38)12-10-29(27)23-46-34-15-13-31(21-33(34)40)47(43,44)39-35(41)26(25)2/h6,10,12-13,15,18,20-21,25-26,28,32,42H,4-5,7-9,11,14,16-17,19,22-24H2,1-3H3,(H,39,41)/b18-6+/t25-,26+,28-,32+,37+/m0/s1. The molecule has 47 heavy (non-hydrogen) atoms. The second-order valence-corrected chi connectivity index (χ2v) is 16.6. The molecule has 0 spiro atoms. The van der Waals surface area contributed by atoms with E-state index in [-0.39, 0.29) is 22.6 Å². The summed E-state index contributed by atoms with van der Waals surface area (Å²) in [5.74, 6) is -0.139. The minimum absolute atomic E-state index is 0.0377. The highest BCUT2D eigenvalue weighted by Crippen LogP contribution is 2.51. The smallest absolute Gasteiger partial charge is 0.264 e. The lowest BCUT2D eigenvalue weighted by Crippen LogP contribution is -2.55. The van der Waals surface area contributed by atoms with Crippen LogP contribution in [0.25, 0.3) is 0 Å². The first-order chi connectivity index (χ1) is 22.4. The molecule has 2 N–H and O–H groups in total. The van der Waals surface area contributed by atoms with Gasteiger partial charge in [0.1, 0.15) is 12.4 Å². The van der Waals surface area contributed by atoms with Gasteiger partial charge in [0.25, 0.3) is 10.0 Å². The number of amides is 1. The van der Waals surface area contributed by atoms with E-state index in [9.17, 15) is 18.3 Å². The lowest BCUT2D eigenvalue weighted by Gasteiger charge is -2.53. The Labute approximate surface area is 284 Å². The van der Waals surface area contributed by atoms with Gasteiger partial charge in [0, 0.05) is 37.6 Å². The lowest BCUT2D eigenvalue weighted by molar-refractivity contribution is -0.144. The van der Waals surface area contributed by atoms with Crippen molar-refractivity contribution in [3.05, 3.63) is 64.7 Å². The number of aryl methyl sites for hydroxylation is 1. The van der Waals surface area contributed by atoms with Crippen LogP contribution in [0.5, 0.6) is 5.75 Å². The SMILES string of the molecule is CO[C@@]1(CC2(O)CCC2)/C=C/C[C@H](C)[C@@H](C)C(=O)NS(=O)(=O)c2ccc3c(c2)N(CCCCc2cc(Cl)ccc2CO3)C[C@@H]2CC[C@H]21. The van der Waals surface area contributed by atoms with E-state index in [1.54, 1.807) is 26.2 Å². The molecule has 2 aliphatic heterocycles. The van der Waals surface area contributed by atoms with Crippen LogP contribution >= 0.6 is 11.6 Å². The van der Waals surface area contributed by atoms with Crippen LogP contribution in [0.3, 0.4) is 0 Å². The molecular formula is C37H49ClN2O6S. The Hall–Kier alpha value is -2.59. The van der Waals surface area contributed by atoms with Crippen molar-refractivity contribution >= 4 is 33.2 Å². The van der Waals surface area contributed by atoms with Crippen molar-refractivity contribution in [3.8, 4) is 5.75 Å². The van der Waals surface area contributed by atoms with E-state index < -0.39 is 33.1 Å². The largest absolute Gasteiger partial charge is 0.487 e. The second kappa shape index (κ2) is 13.7. The topological polar surface area (TPSA) is 105 Å². The van der Waals surface area contributed by atoms with Crippen molar-refractivity contribution in [1.82, 2.24) is 4.72 Å². The number of nitrogens with one attached hydrogen (secondary N) is 1. The number of halogens is 1. The quantitative estimate of drug-likeness (QED) is 0.342. The Morgan fingerprint density at radius 3 is 2.60 bits per heavy atom. The van der Waals surface area contributed by atoms with E-state index in [1.165, 1.54) is 6.07 Å². The van der Waals surface area contributed by atoms with E-state index in [2.05, 4.69) is 21.8 Å². The minimum atomic E-state index is -4.13. The molecule has 4 aliphatic rings. The summed E-state index contributed by atoms with van der Waals surface area (Å²) in [4.78, 5) is 15.6. The van der Waals surface area contributed by atoms with Gasteiger partial charge in [-0.15, -0.1) is 0 Å². The van der Waals surface area contributed by atoms with E-state index in [0.717, 1.165) is 62.5 Å². The van der Waals surface area contributed by atoms with Gasteiger partial charge in [0.15, 0.2) is 0 Å². The Kier molecular flexibility index (Phi) is 10.0. The molecule has 0 unspecified atom stereocenters. The van der Waals surface area contributed by atoms with Gasteiger partial charge in [-0.25, -0.2) is 13.1 Å². The van der Waals surface area contributed by atoms with Crippen LogP contribution in [0, 0.1) is 23.7 Å². The number of benzene rings is 2. The Balaban J connectivity index is 1.42. The van der Waals surface area contributed by atoms with Crippen molar-refractivity contribution in [3.63, 3.8) is 0 Å². The predicted octanol–water partition coefficient (Wildman–Crippen LogP) is 6.82. The number of ether oxygens (including phenoxy) is 2. The maximum Gasteiger partial charge on any atom is 0.264 e. The van der Waals surface area contributed by atoms with Crippen LogP contribution < -0.4 is 14.4 Å². The average molecular weight is 685 g/mol. The molecule has 2 aromatic rings. The van der Waals surface area contributed by atoms with Gasteiger partial charge < -0.3 is 19.5 Å². The molecule has 2 aromatic carbocycles. The van der Waals surface area contributed by atoms with E-state index >= 15 is 0 Å². The minimum Gasteiger partial charge on any atom is -0.487 e. The molecule has 0 radical (unpaired) electrons. The van der Waals surface area contributed by atoms with Gasteiger partial charge >= 0.3 is 0 Å². The van der Waals surface area contributed by atoms with Crippen LogP contribution in [-0.2, 0) is 32.6 Å². The number of aliphatic hydroxyl groups is 1. The Bertz CT molecular complexity index is 1610. The number of carbonyl (C=O) groups excluding carboxylic acids is 1. The lowest BCUT2D eigenvalue weighted by atomic mass is 9.59. The summed E-state index contributed by atoms with van der Waals surface area (Å²) >= 11 is 6.36. The maximum absolute atomic E-state index is 13.6. The maximum atomic E-state index is 13.6. The highest BCUT2D eigenvalue weighted by Gasteiger charge is 2.52. The Morgan fingerprint density at radius 1 is 1.09 bits per heavy atom. The number of methoxy groups -OCH3 is 1. The molecular weight excluding hydrogens is 636 g/mol. The van der Waals surface area contributed by atoms with Crippen LogP contribution in [0.4, 0.5) is 5.69 Å². The zero-order chi connectivity index (χ0) is 33.4. The number of carbonyl (C=O) groups is 1. The second-order valence-electron chi connectivity index (χ2n) is 14.5. The molecule has 1 amide bonds. The fourth-order valence-electron chi connectivity index (χ4n) is 7.91. The molecule has 10 heteroatoms. The van der Waals surface area contributed by atoms with E-state index in [0.29, 0.717) is 49.0 Å². The molecule has 2 fully saturated rings. The number of anilines is 1. The fraction of sp³-hybridized carbons (Fsp3) is 0.595. The summed E-state index contributed by atoms with van der Waals surface area (Å²) in [5, 5.41) is 12.1. The number of hydrogen-bond acceptors (Lipinski definition) is 7. The molecule has 2 saturated carbocycles. The normalized spacial score (nSPS) is 31.3. The first-order valence-electron chi connectivity index (χ1n) is 17.2. The van der Waals surface area contributed by atoms with Crippen LogP contribution in [0.15, 0.2) is 53.4 Å². The molecule has 256 valence electrons. The van der Waals surface area contributed by atoms with Crippen molar-refractivity contribution < 1.29 is 27.8 Å².